The number of carbonyl (C=O) groups is 1. The Hall–Kier alpha value is -1.02. The Morgan fingerprint density at radius 3 is 2.73 bits per heavy atom. The van der Waals surface area contributed by atoms with E-state index in [0.29, 0.717) is 10.7 Å². The molecule has 0 spiro atoms. The quantitative estimate of drug-likeness (QED) is 0.633. The highest BCUT2D eigenvalue weighted by Crippen LogP contribution is 2.16. The van der Waals surface area contributed by atoms with Crippen molar-refractivity contribution >= 4 is 22.5 Å². The van der Waals surface area contributed by atoms with Crippen molar-refractivity contribution < 1.29 is 4.79 Å². The van der Waals surface area contributed by atoms with Gasteiger partial charge in [-0.1, -0.05) is 18.2 Å². The molecule has 2 nitrogen and oxygen atoms in total. The van der Waals surface area contributed by atoms with Gasteiger partial charge in [0.2, 0.25) is 5.91 Å². The van der Waals surface area contributed by atoms with Crippen molar-refractivity contribution in [2.75, 3.05) is 0 Å². The molecule has 3 heteroatoms. The predicted molar refractivity (Wildman–Crippen MR) is 45.6 cm³/mol. The third kappa shape index (κ3) is 1.52. The zero-order chi connectivity index (χ0) is 8.43. The zero-order valence-electron chi connectivity index (χ0n) is 6.17. The fourth-order valence-electron chi connectivity index (χ4n) is 0.877. The van der Waals surface area contributed by atoms with Crippen LogP contribution in [0.25, 0.3) is 5.03 Å². The molecule has 0 saturated carbocycles. The molecule has 11 heavy (non-hydrogen) atoms. The first-order chi connectivity index (χ1) is 5.13. The molecule has 0 atom stereocenters. The molecule has 0 radical (unpaired) electrons. The number of carbonyl (C=O) groups excluding carboxylic acids is 1. The minimum absolute atomic E-state index is 0.0631. The predicted octanol–water partition coefficient (Wildman–Crippen LogP) is 2.36. The Labute approximate surface area is 70.1 Å². The lowest BCUT2D eigenvalue weighted by Gasteiger charge is -2.00. The van der Waals surface area contributed by atoms with Gasteiger partial charge in [0.15, 0.2) is 0 Å². The average molecular weight is 170 g/mol. The van der Waals surface area contributed by atoms with Crippen molar-refractivity contribution in [3.05, 3.63) is 30.6 Å². The van der Waals surface area contributed by atoms with Crippen LogP contribution in [-0.4, -0.2) is 10.5 Å². The van der Waals surface area contributed by atoms with Crippen LogP contribution in [0.2, 0.25) is 0 Å². The SMILES string of the molecule is C=C(Cl)c1cccn1C(C)=O. The van der Waals surface area contributed by atoms with E-state index in [2.05, 4.69) is 6.58 Å². The van der Waals surface area contributed by atoms with E-state index in [9.17, 15) is 4.79 Å². The maximum atomic E-state index is 10.9. The highest BCUT2D eigenvalue weighted by Gasteiger charge is 2.04. The van der Waals surface area contributed by atoms with E-state index in [4.69, 9.17) is 11.6 Å². The largest absolute Gasteiger partial charge is 0.287 e. The summed E-state index contributed by atoms with van der Waals surface area (Å²) in [7, 11) is 0. The molecule has 1 aromatic heterocycles. The summed E-state index contributed by atoms with van der Waals surface area (Å²) in [5, 5.41) is 0.380. The van der Waals surface area contributed by atoms with E-state index < -0.39 is 0 Å². The summed E-state index contributed by atoms with van der Waals surface area (Å²) in [4.78, 5) is 10.9. The van der Waals surface area contributed by atoms with Crippen LogP contribution < -0.4 is 0 Å². The molecule has 58 valence electrons. The first-order valence-corrected chi connectivity index (χ1v) is 3.54. The van der Waals surface area contributed by atoms with Crippen LogP contribution in [0.4, 0.5) is 0 Å². The second-order valence-electron chi connectivity index (χ2n) is 2.19. The number of hydrogen-bond acceptors (Lipinski definition) is 1. The Morgan fingerprint density at radius 2 is 2.36 bits per heavy atom. The molecule has 0 saturated heterocycles. The summed E-state index contributed by atoms with van der Waals surface area (Å²) < 4.78 is 1.45. The Kier molecular flexibility index (Phi) is 2.15. The number of hydrogen-bond donors (Lipinski definition) is 0. The standard InChI is InChI=1S/C8H8ClNO/c1-6(9)8-4-3-5-10(8)7(2)11/h3-5H,1H2,2H3. The summed E-state index contributed by atoms with van der Waals surface area (Å²) >= 11 is 5.63. The van der Waals surface area contributed by atoms with E-state index in [1.807, 2.05) is 0 Å². The lowest BCUT2D eigenvalue weighted by atomic mass is 10.4. The smallest absolute Gasteiger partial charge is 0.227 e. The van der Waals surface area contributed by atoms with Gasteiger partial charge in [-0.05, 0) is 12.1 Å². The second kappa shape index (κ2) is 2.93. The van der Waals surface area contributed by atoms with Crippen LogP contribution in [0.5, 0.6) is 0 Å². The van der Waals surface area contributed by atoms with Gasteiger partial charge in [-0.25, -0.2) is 0 Å². The maximum Gasteiger partial charge on any atom is 0.227 e. The molecule has 0 unspecified atom stereocenters. The topological polar surface area (TPSA) is 22.0 Å². The van der Waals surface area contributed by atoms with Crippen LogP contribution >= 0.6 is 11.6 Å². The lowest BCUT2D eigenvalue weighted by Crippen LogP contribution is -2.06. The summed E-state index contributed by atoms with van der Waals surface area (Å²) in [5.41, 5.74) is 0.652. The van der Waals surface area contributed by atoms with Crippen molar-refractivity contribution in [3.63, 3.8) is 0 Å². The summed E-state index contributed by atoms with van der Waals surface area (Å²) in [6.45, 7) is 5.01. The van der Waals surface area contributed by atoms with E-state index in [-0.39, 0.29) is 5.91 Å². The van der Waals surface area contributed by atoms with Gasteiger partial charge in [-0.15, -0.1) is 0 Å². The minimum Gasteiger partial charge on any atom is -0.287 e. The van der Waals surface area contributed by atoms with Crippen molar-refractivity contribution in [2.24, 2.45) is 0 Å². The first-order valence-electron chi connectivity index (χ1n) is 3.16. The van der Waals surface area contributed by atoms with Crippen molar-refractivity contribution in [1.82, 2.24) is 4.57 Å². The molecular formula is C8H8ClNO. The van der Waals surface area contributed by atoms with Gasteiger partial charge in [0.25, 0.3) is 0 Å². The minimum atomic E-state index is -0.0631. The number of nitrogens with zero attached hydrogens (tertiary/aromatic N) is 1. The summed E-state index contributed by atoms with van der Waals surface area (Å²) in [6.07, 6.45) is 1.66. The van der Waals surface area contributed by atoms with E-state index in [1.54, 1.807) is 18.3 Å². The molecule has 1 aromatic rings. The van der Waals surface area contributed by atoms with Crippen LogP contribution in [0.15, 0.2) is 24.9 Å². The molecule has 0 N–H and O–H groups in total. The molecule has 0 aliphatic heterocycles. The molecule has 1 rings (SSSR count). The van der Waals surface area contributed by atoms with Crippen molar-refractivity contribution in [2.45, 2.75) is 6.92 Å². The molecule has 0 amide bonds. The van der Waals surface area contributed by atoms with Gasteiger partial charge in [0.05, 0.1) is 10.7 Å². The van der Waals surface area contributed by atoms with Gasteiger partial charge in [-0.3, -0.25) is 9.36 Å². The van der Waals surface area contributed by atoms with Gasteiger partial charge in [-0.2, -0.15) is 0 Å². The van der Waals surface area contributed by atoms with Crippen molar-refractivity contribution in [1.29, 1.82) is 0 Å². The van der Waals surface area contributed by atoms with E-state index in [1.165, 1.54) is 11.5 Å². The molecule has 1 heterocycles. The Bertz CT molecular complexity index is 272. The van der Waals surface area contributed by atoms with Crippen LogP contribution in [0.3, 0.4) is 0 Å². The monoisotopic (exact) mass is 169 g/mol. The van der Waals surface area contributed by atoms with Crippen molar-refractivity contribution in [3.8, 4) is 0 Å². The molecular weight excluding hydrogens is 162 g/mol. The second-order valence-corrected chi connectivity index (χ2v) is 2.64. The average Bonchev–Trinajstić information content (AvgIpc) is 2.32. The Balaban J connectivity index is 3.16. The molecule has 0 fully saturated rings. The molecule has 0 aromatic carbocycles. The van der Waals surface area contributed by atoms with Gasteiger partial charge >= 0.3 is 0 Å². The highest BCUT2D eigenvalue weighted by atomic mass is 35.5. The van der Waals surface area contributed by atoms with E-state index in [0.717, 1.165) is 0 Å². The van der Waals surface area contributed by atoms with Crippen LogP contribution in [0.1, 0.15) is 17.4 Å². The maximum absolute atomic E-state index is 10.9. The normalized spacial score (nSPS) is 9.64. The van der Waals surface area contributed by atoms with Crippen LogP contribution in [-0.2, 0) is 0 Å². The summed E-state index contributed by atoms with van der Waals surface area (Å²) in [6, 6.07) is 3.50. The molecule has 0 aliphatic carbocycles. The fourth-order valence-corrected chi connectivity index (χ4v) is 1.03. The third-order valence-electron chi connectivity index (χ3n) is 1.37. The van der Waals surface area contributed by atoms with Gasteiger partial charge in [0.1, 0.15) is 0 Å². The number of aromatic nitrogens is 1. The first kappa shape index (κ1) is 8.08. The molecule has 0 aliphatic rings. The Morgan fingerprint density at radius 1 is 1.73 bits per heavy atom. The fraction of sp³-hybridized carbons (Fsp3) is 0.125. The third-order valence-corrected chi connectivity index (χ3v) is 1.56. The van der Waals surface area contributed by atoms with E-state index >= 15 is 0 Å². The van der Waals surface area contributed by atoms with Gasteiger partial charge in [0, 0.05) is 13.1 Å². The molecule has 0 bridgehead atoms. The summed E-state index contributed by atoms with van der Waals surface area (Å²) in [5.74, 6) is -0.0631. The number of halogens is 1. The van der Waals surface area contributed by atoms with Crippen LogP contribution in [0, 0.1) is 0 Å². The highest BCUT2D eigenvalue weighted by molar-refractivity contribution is 6.48. The number of rotatable bonds is 1. The van der Waals surface area contributed by atoms with Gasteiger partial charge < -0.3 is 0 Å². The zero-order valence-corrected chi connectivity index (χ0v) is 6.93. The lowest BCUT2D eigenvalue weighted by molar-refractivity contribution is 0.0936.